The maximum Gasteiger partial charge on any atom is 0.259 e. The molecule has 4 aromatic rings. The Kier molecular flexibility index (Phi) is 4.16. The van der Waals surface area contributed by atoms with Crippen LogP contribution in [-0.4, -0.2) is 35.9 Å². The molecule has 31 heavy (non-hydrogen) atoms. The van der Waals surface area contributed by atoms with Crippen LogP contribution in [0.1, 0.15) is 31.8 Å². The number of benzene rings is 3. The van der Waals surface area contributed by atoms with Gasteiger partial charge in [-0.1, -0.05) is 48.5 Å². The van der Waals surface area contributed by atoms with Crippen molar-refractivity contribution in [1.82, 2.24) is 9.88 Å². The van der Waals surface area contributed by atoms with Gasteiger partial charge in [-0.2, -0.15) is 0 Å². The Morgan fingerprint density at radius 3 is 2.39 bits per heavy atom. The molecular weight excluding hydrogens is 392 g/mol. The number of rotatable bonds is 4. The van der Waals surface area contributed by atoms with E-state index in [0.29, 0.717) is 37.3 Å². The van der Waals surface area contributed by atoms with Crippen LogP contribution in [0.15, 0.2) is 60.7 Å². The zero-order chi connectivity index (χ0) is 20.9. The van der Waals surface area contributed by atoms with Crippen LogP contribution in [0.25, 0.3) is 21.8 Å². The van der Waals surface area contributed by atoms with E-state index in [9.17, 15) is 9.59 Å². The molecule has 6 nitrogen and oxygen atoms in total. The van der Waals surface area contributed by atoms with E-state index in [-0.39, 0.29) is 11.8 Å². The fourth-order valence-corrected chi connectivity index (χ4v) is 4.78. The molecule has 3 aromatic carbocycles. The van der Waals surface area contributed by atoms with Crippen molar-refractivity contribution < 1.29 is 19.1 Å². The van der Waals surface area contributed by atoms with Crippen molar-refractivity contribution in [2.24, 2.45) is 0 Å². The van der Waals surface area contributed by atoms with E-state index >= 15 is 0 Å². The molecule has 0 spiro atoms. The Morgan fingerprint density at radius 1 is 0.871 bits per heavy atom. The Morgan fingerprint density at radius 2 is 1.58 bits per heavy atom. The molecule has 1 aromatic heterocycles. The van der Waals surface area contributed by atoms with Crippen LogP contribution in [0.5, 0.6) is 0 Å². The van der Waals surface area contributed by atoms with Gasteiger partial charge in [-0.3, -0.25) is 14.9 Å². The smallest absolute Gasteiger partial charge is 0.259 e. The Balaban J connectivity index is 1.65. The predicted octanol–water partition coefficient (Wildman–Crippen LogP) is 3.64. The summed E-state index contributed by atoms with van der Waals surface area (Å²) in [6, 6.07) is 20.3. The number of carbonyl (C=O) groups is 2. The van der Waals surface area contributed by atoms with Gasteiger partial charge in [0.25, 0.3) is 11.8 Å². The molecule has 0 atom stereocenters. The largest absolute Gasteiger partial charge is 0.350 e. The molecule has 6 heteroatoms. The molecule has 0 bridgehead atoms. The van der Waals surface area contributed by atoms with Crippen molar-refractivity contribution in [2.75, 3.05) is 13.2 Å². The van der Waals surface area contributed by atoms with Crippen LogP contribution in [0.2, 0.25) is 0 Å². The minimum absolute atomic E-state index is 0.345. The second-order valence-corrected chi connectivity index (χ2v) is 7.93. The van der Waals surface area contributed by atoms with Crippen LogP contribution in [0.4, 0.5) is 0 Å². The highest BCUT2D eigenvalue weighted by Crippen LogP contribution is 2.38. The number of para-hydroxylation sites is 1. The lowest BCUT2D eigenvalue weighted by Crippen LogP contribution is -2.21. The van der Waals surface area contributed by atoms with Gasteiger partial charge in [-0.05, 0) is 23.3 Å². The highest BCUT2D eigenvalue weighted by atomic mass is 16.7. The number of nitrogens with one attached hydrogen (secondary N) is 1. The summed E-state index contributed by atoms with van der Waals surface area (Å²) < 4.78 is 13.5. The van der Waals surface area contributed by atoms with Gasteiger partial charge >= 0.3 is 0 Å². The van der Waals surface area contributed by atoms with Crippen LogP contribution < -0.4 is 5.32 Å². The van der Waals surface area contributed by atoms with Crippen molar-refractivity contribution in [1.29, 1.82) is 0 Å². The molecule has 6 rings (SSSR count). The SMILES string of the molecule is O=C1NC(=O)c2c1c(CC1OCCO1)cc1c2c2ccccc2n1Cc1ccccc1. The zero-order valence-electron chi connectivity index (χ0n) is 16.8. The summed E-state index contributed by atoms with van der Waals surface area (Å²) in [5, 5.41) is 4.28. The number of imide groups is 1. The van der Waals surface area contributed by atoms with E-state index in [2.05, 4.69) is 28.1 Å². The fraction of sp³-hybridized carbons (Fsp3) is 0.200. The lowest BCUT2D eigenvalue weighted by atomic mass is 9.95. The van der Waals surface area contributed by atoms with E-state index < -0.39 is 6.29 Å². The molecule has 2 amide bonds. The van der Waals surface area contributed by atoms with Gasteiger partial charge in [-0.15, -0.1) is 0 Å². The van der Waals surface area contributed by atoms with Gasteiger partial charge in [-0.25, -0.2) is 0 Å². The summed E-state index contributed by atoms with van der Waals surface area (Å²) in [7, 11) is 0. The maximum atomic E-state index is 12.9. The Hall–Kier alpha value is -3.48. The molecule has 1 fully saturated rings. The summed E-state index contributed by atoms with van der Waals surface area (Å²) in [6.07, 6.45) is 0.0169. The van der Waals surface area contributed by atoms with Crippen LogP contribution in [0, 0.1) is 0 Å². The fourth-order valence-electron chi connectivity index (χ4n) is 4.78. The summed E-state index contributed by atoms with van der Waals surface area (Å²) in [5.41, 5.74) is 4.80. The second kappa shape index (κ2) is 7.04. The topological polar surface area (TPSA) is 69.6 Å². The summed E-state index contributed by atoms with van der Waals surface area (Å²) in [4.78, 5) is 25.6. The van der Waals surface area contributed by atoms with Gasteiger partial charge in [0.1, 0.15) is 0 Å². The highest BCUT2D eigenvalue weighted by Gasteiger charge is 2.35. The lowest BCUT2D eigenvalue weighted by molar-refractivity contribution is -0.0400. The number of carbonyl (C=O) groups excluding carboxylic acids is 2. The first-order valence-corrected chi connectivity index (χ1v) is 10.4. The van der Waals surface area contributed by atoms with E-state index in [4.69, 9.17) is 9.47 Å². The molecule has 0 radical (unpaired) electrons. The quantitative estimate of drug-likeness (QED) is 0.520. The molecule has 0 aliphatic carbocycles. The molecule has 0 unspecified atom stereocenters. The van der Waals surface area contributed by atoms with Gasteiger partial charge in [0.05, 0.1) is 29.9 Å². The third-order valence-electron chi connectivity index (χ3n) is 6.09. The lowest BCUT2D eigenvalue weighted by Gasteiger charge is -2.14. The van der Waals surface area contributed by atoms with E-state index in [1.165, 1.54) is 0 Å². The molecular formula is C25H20N2O4. The van der Waals surface area contributed by atoms with Crippen molar-refractivity contribution >= 4 is 33.6 Å². The third kappa shape index (κ3) is 2.87. The molecule has 1 N–H and O–H groups in total. The summed E-state index contributed by atoms with van der Waals surface area (Å²) in [5.74, 6) is -0.697. The predicted molar refractivity (Wildman–Crippen MR) is 116 cm³/mol. The first kappa shape index (κ1) is 18.3. The standard InChI is InChI=1S/C25H20N2O4/c28-24-21-16(13-20-30-10-11-31-20)12-19-22(23(21)25(29)26-24)17-8-4-5-9-18(17)27(19)14-15-6-2-1-3-7-15/h1-9,12,20H,10-11,13-14H2,(H,26,28,29). The second-order valence-electron chi connectivity index (χ2n) is 7.93. The first-order valence-electron chi connectivity index (χ1n) is 10.4. The number of hydrogen-bond acceptors (Lipinski definition) is 4. The normalized spacial score (nSPS) is 16.4. The Bertz CT molecular complexity index is 1350. The van der Waals surface area contributed by atoms with Crippen LogP contribution >= 0.6 is 0 Å². The summed E-state index contributed by atoms with van der Waals surface area (Å²) in [6.45, 7) is 1.73. The van der Waals surface area contributed by atoms with Crippen LogP contribution in [-0.2, 0) is 22.4 Å². The molecule has 1 saturated heterocycles. The third-order valence-corrected chi connectivity index (χ3v) is 6.09. The molecule has 0 saturated carbocycles. The van der Waals surface area contributed by atoms with Gasteiger partial charge in [0.15, 0.2) is 6.29 Å². The number of nitrogens with zero attached hydrogens (tertiary/aromatic N) is 1. The zero-order valence-corrected chi connectivity index (χ0v) is 16.8. The molecule has 154 valence electrons. The van der Waals surface area contributed by atoms with Crippen molar-refractivity contribution in [2.45, 2.75) is 19.3 Å². The van der Waals surface area contributed by atoms with E-state index in [1.807, 2.05) is 42.5 Å². The van der Waals surface area contributed by atoms with Crippen LogP contribution in [0.3, 0.4) is 0 Å². The highest BCUT2D eigenvalue weighted by molar-refractivity contribution is 6.30. The maximum absolute atomic E-state index is 12.9. The summed E-state index contributed by atoms with van der Waals surface area (Å²) >= 11 is 0. The molecule has 2 aliphatic rings. The van der Waals surface area contributed by atoms with E-state index in [0.717, 1.165) is 32.9 Å². The number of hydrogen-bond donors (Lipinski definition) is 1. The number of ether oxygens (including phenoxy) is 2. The first-order chi connectivity index (χ1) is 15.2. The van der Waals surface area contributed by atoms with Crippen molar-refractivity contribution in [3.8, 4) is 0 Å². The van der Waals surface area contributed by atoms with Gasteiger partial charge in [0, 0.05) is 29.3 Å². The van der Waals surface area contributed by atoms with Gasteiger partial charge in [0.2, 0.25) is 0 Å². The number of amides is 2. The Labute approximate surface area is 178 Å². The number of aromatic nitrogens is 1. The van der Waals surface area contributed by atoms with E-state index in [1.54, 1.807) is 0 Å². The average Bonchev–Trinajstić information content (AvgIpc) is 3.47. The molecule has 2 aliphatic heterocycles. The van der Waals surface area contributed by atoms with Crippen molar-refractivity contribution in [3.05, 3.63) is 82.9 Å². The van der Waals surface area contributed by atoms with Crippen molar-refractivity contribution in [3.63, 3.8) is 0 Å². The molecule has 3 heterocycles. The number of fused-ring (bicyclic) bond motifs is 5. The minimum atomic E-state index is -0.406. The monoisotopic (exact) mass is 412 g/mol. The van der Waals surface area contributed by atoms with Gasteiger partial charge < -0.3 is 14.0 Å². The average molecular weight is 412 g/mol. The minimum Gasteiger partial charge on any atom is -0.350 e.